The van der Waals surface area contributed by atoms with Crippen molar-refractivity contribution in [2.45, 2.75) is 20.0 Å². The molecule has 34 heavy (non-hydrogen) atoms. The first-order chi connectivity index (χ1) is 16.6. The highest BCUT2D eigenvalue weighted by molar-refractivity contribution is 5.90. The Hall–Kier alpha value is -4.59. The third kappa shape index (κ3) is 4.47. The molecule has 0 radical (unpaired) electrons. The minimum Gasteiger partial charge on any atom is -0.449 e. The van der Waals surface area contributed by atoms with Gasteiger partial charge in [0.25, 0.3) is 5.89 Å². The summed E-state index contributed by atoms with van der Waals surface area (Å²) in [7, 11) is 0. The van der Waals surface area contributed by atoms with E-state index in [2.05, 4.69) is 20.4 Å². The molecule has 168 valence electrons. The molecule has 2 aromatic heterocycles. The number of aryl methyl sites for hydroxylation is 1. The van der Waals surface area contributed by atoms with Gasteiger partial charge in [-0.25, -0.2) is 4.79 Å². The van der Waals surface area contributed by atoms with Crippen LogP contribution < -0.4 is 0 Å². The summed E-state index contributed by atoms with van der Waals surface area (Å²) >= 11 is 0. The van der Waals surface area contributed by atoms with Crippen LogP contribution in [-0.4, -0.2) is 26.4 Å². The maximum Gasteiger partial charge on any atom is 0.338 e. The normalized spacial score (nSPS) is 11.8. The van der Waals surface area contributed by atoms with Crippen molar-refractivity contribution in [3.8, 4) is 34.4 Å². The second-order valence-corrected chi connectivity index (χ2v) is 7.71. The van der Waals surface area contributed by atoms with Crippen molar-refractivity contribution in [1.29, 1.82) is 0 Å². The smallest absolute Gasteiger partial charge is 0.338 e. The Labute approximate surface area is 195 Å². The molecule has 0 N–H and O–H groups in total. The standard InChI is InChI=1S/C26H20N4O4/c1-16-8-10-19(11-9-16)24-29-30-25(34-24)20-12-14-21(15-13-20)26(31)32-17(2)22-27-28-23(33-22)18-6-4-3-5-7-18/h3-15,17H,1-2H3/t17-/m1/s1. The Morgan fingerprint density at radius 3 is 1.88 bits per heavy atom. The predicted octanol–water partition coefficient (Wildman–Crippen LogP) is 5.68. The fraction of sp³-hybridized carbons (Fsp3) is 0.115. The predicted molar refractivity (Wildman–Crippen MR) is 123 cm³/mol. The van der Waals surface area contributed by atoms with Gasteiger partial charge < -0.3 is 13.6 Å². The number of ether oxygens (including phenoxy) is 1. The lowest BCUT2D eigenvalue weighted by Crippen LogP contribution is -2.09. The maximum atomic E-state index is 12.6. The van der Waals surface area contributed by atoms with E-state index in [1.165, 1.54) is 0 Å². The van der Waals surface area contributed by atoms with E-state index in [9.17, 15) is 4.79 Å². The third-order valence-electron chi connectivity index (χ3n) is 5.18. The molecule has 8 nitrogen and oxygen atoms in total. The molecule has 5 aromatic rings. The fourth-order valence-electron chi connectivity index (χ4n) is 3.28. The molecule has 0 bridgehead atoms. The zero-order valence-corrected chi connectivity index (χ0v) is 18.5. The van der Waals surface area contributed by atoms with Gasteiger partial charge in [0.15, 0.2) is 6.10 Å². The van der Waals surface area contributed by atoms with Crippen molar-refractivity contribution in [2.75, 3.05) is 0 Å². The van der Waals surface area contributed by atoms with Crippen LogP contribution in [0.3, 0.4) is 0 Å². The summed E-state index contributed by atoms with van der Waals surface area (Å²) in [5, 5.41) is 16.3. The molecule has 0 aliphatic rings. The van der Waals surface area contributed by atoms with Crippen LogP contribution in [0.15, 0.2) is 87.7 Å². The Kier molecular flexibility index (Phi) is 5.70. The molecular formula is C26H20N4O4. The fourth-order valence-corrected chi connectivity index (χ4v) is 3.28. The first-order valence-corrected chi connectivity index (χ1v) is 10.7. The highest BCUT2D eigenvalue weighted by atomic mass is 16.6. The van der Waals surface area contributed by atoms with E-state index in [-0.39, 0.29) is 5.89 Å². The number of esters is 1. The van der Waals surface area contributed by atoms with Crippen LogP contribution >= 0.6 is 0 Å². The molecule has 0 fully saturated rings. The van der Waals surface area contributed by atoms with Crippen LogP contribution in [0, 0.1) is 6.92 Å². The molecule has 0 spiro atoms. The van der Waals surface area contributed by atoms with Crippen LogP contribution in [0.1, 0.15) is 34.8 Å². The van der Waals surface area contributed by atoms with Crippen molar-refractivity contribution >= 4 is 5.97 Å². The van der Waals surface area contributed by atoms with Gasteiger partial charge in [0.05, 0.1) is 5.56 Å². The lowest BCUT2D eigenvalue weighted by atomic mass is 10.1. The Morgan fingerprint density at radius 1 is 0.706 bits per heavy atom. The van der Waals surface area contributed by atoms with Crippen LogP contribution in [0.5, 0.6) is 0 Å². The van der Waals surface area contributed by atoms with Gasteiger partial charge in [0.2, 0.25) is 17.7 Å². The Balaban J connectivity index is 1.25. The van der Waals surface area contributed by atoms with Crippen LogP contribution in [0.25, 0.3) is 34.4 Å². The topological polar surface area (TPSA) is 104 Å². The number of aromatic nitrogens is 4. The second-order valence-electron chi connectivity index (χ2n) is 7.71. The van der Waals surface area contributed by atoms with Crippen LogP contribution in [-0.2, 0) is 4.74 Å². The number of hydrogen-bond acceptors (Lipinski definition) is 8. The molecule has 3 aromatic carbocycles. The third-order valence-corrected chi connectivity index (χ3v) is 5.18. The van der Waals surface area contributed by atoms with E-state index in [0.717, 1.165) is 16.7 Å². The lowest BCUT2D eigenvalue weighted by Gasteiger charge is -2.09. The summed E-state index contributed by atoms with van der Waals surface area (Å²) < 4.78 is 17.0. The summed E-state index contributed by atoms with van der Waals surface area (Å²) in [6.07, 6.45) is -0.704. The van der Waals surface area contributed by atoms with Gasteiger partial charge in [0.1, 0.15) is 0 Å². The second kappa shape index (κ2) is 9.11. The zero-order valence-electron chi connectivity index (χ0n) is 18.5. The monoisotopic (exact) mass is 452 g/mol. The van der Waals surface area contributed by atoms with E-state index in [0.29, 0.717) is 28.8 Å². The van der Waals surface area contributed by atoms with Gasteiger partial charge in [-0.15, -0.1) is 20.4 Å². The maximum absolute atomic E-state index is 12.6. The number of carbonyl (C=O) groups is 1. The Morgan fingerprint density at radius 2 is 1.24 bits per heavy atom. The summed E-state index contributed by atoms with van der Waals surface area (Å²) in [5.41, 5.74) is 3.85. The van der Waals surface area contributed by atoms with E-state index in [1.54, 1.807) is 31.2 Å². The molecule has 0 saturated heterocycles. The molecule has 0 aliphatic carbocycles. The van der Waals surface area contributed by atoms with Crippen LogP contribution in [0.2, 0.25) is 0 Å². The van der Waals surface area contributed by atoms with Crippen molar-refractivity contribution in [3.63, 3.8) is 0 Å². The largest absolute Gasteiger partial charge is 0.449 e. The molecule has 1 atom stereocenters. The van der Waals surface area contributed by atoms with Crippen molar-refractivity contribution in [2.24, 2.45) is 0 Å². The number of hydrogen-bond donors (Lipinski definition) is 0. The number of carbonyl (C=O) groups excluding carboxylic acids is 1. The molecular weight excluding hydrogens is 432 g/mol. The highest BCUT2D eigenvalue weighted by Gasteiger charge is 2.20. The minimum absolute atomic E-state index is 0.221. The molecule has 0 amide bonds. The summed E-state index contributed by atoms with van der Waals surface area (Å²) in [4.78, 5) is 12.6. The quantitative estimate of drug-likeness (QED) is 0.303. The van der Waals surface area contributed by atoms with E-state index < -0.39 is 12.1 Å². The van der Waals surface area contributed by atoms with Crippen LogP contribution in [0.4, 0.5) is 0 Å². The SMILES string of the molecule is Cc1ccc(-c2nnc(-c3ccc(C(=O)O[C@H](C)c4nnc(-c5ccccc5)o4)cc3)o2)cc1. The Bertz CT molecular complexity index is 1410. The average molecular weight is 452 g/mol. The van der Waals surface area contributed by atoms with Gasteiger partial charge >= 0.3 is 5.97 Å². The molecule has 2 heterocycles. The lowest BCUT2D eigenvalue weighted by molar-refractivity contribution is 0.0280. The number of nitrogens with zero attached hydrogens (tertiary/aromatic N) is 4. The van der Waals surface area contributed by atoms with Gasteiger partial charge in [-0.05, 0) is 62.4 Å². The molecule has 0 unspecified atom stereocenters. The van der Waals surface area contributed by atoms with E-state index >= 15 is 0 Å². The van der Waals surface area contributed by atoms with E-state index in [1.807, 2.05) is 61.5 Å². The number of rotatable bonds is 6. The molecule has 5 rings (SSSR count). The summed E-state index contributed by atoms with van der Waals surface area (Å²) in [5.74, 6) is 0.875. The van der Waals surface area contributed by atoms with Crippen molar-refractivity contribution in [3.05, 3.63) is 95.9 Å². The summed E-state index contributed by atoms with van der Waals surface area (Å²) in [6, 6.07) is 24.0. The first-order valence-electron chi connectivity index (χ1n) is 10.7. The zero-order chi connectivity index (χ0) is 23.5. The highest BCUT2D eigenvalue weighted by Crippen LogP contribution is 2.26. The molecule has 0 saturated carbocycles. The molecule has 0 aliphatic heterocycles. The average Bonchev–Trinajstić information content (AvgIpc) is 3.56. The van der Waals surface area contributed by atoms with Gasteiger partial charge in [-0.2, -0.15) is 0 Å². The van der Waals surface area contributed by atoms with Gasteiger partial charge in [-0.1, -0.05) is 35.9 Å². The molecule has 8 heteroatoms. The first kappa shape index (κ1) is 21.3. The van der Waals surface area contributed by atoms with Gasteiger partial charge in [0, 0.05) is 16.7 Å². The van der Waals surface area contributed by atoms with Crippen molar-refractivity contribution < 1.29 is 18.4 Å². The summed E-state index contributed by atoms with van der Waals surface area (Å²) in [6.45, 7) is 3.69. The minimum atomic E-state index is -0.704. The van der Waals surface area contributed by atoms with Crippen molar-refractivity contribution in [1.82, 2.24) is 20.4 Å². The van der Waals surface area contributed by atoms with E-state index in [4.69, 9.17) is 13.6 Å². The van der Waals surface area contributed by atoms with Gasteiger partial charge in [-0.3, -0.25) is 0 Å². The number of benzene rings is 3.